The molecule has 1 aromatic heterocycles. The summed E-state index contributed by atoms with van der Waals surface area (Å²) in [6.45, 7) is 8.54. The number of ether oxygens (including phenoxy) is 1. The first-order valence-corrected chi connectivity index (χ1v) is 6.50. The van der Waals surface area contributed by atoms with Crippen molar-refractivity contribution < 1.29 is 14.3 Å². The molecule has 18 heavy (non-hydrogen) atoms. The summed E-state index contributed by atoms with van der Waals surface area (Å²) < 4.78 is 11.0. The maximum Gasteiger partial charge on any atom is 0.181 e. The molecule has 2 unspecified atom stereocenters. The first kappa shape index (κ1) is 13.5. The zero-order chi connectivity index (χ0) is 13.1. The SMILES string of the molecule is CC(C)c1ocnc1CN1CC(CO)OCC1C. The molecule has 5 nitrogen and oxygen atoms in total. The third-order valence-electron chi connectivity index (χ3n) is 3.39. The van der Waals surface area contributed by atoms with E-state index >= 15 is 0 Å². The number of rotatable bonds is 4. The second-order valence-electron chi connectivity index (χ2n) is 5.23. The first-order valence-electron chi connectivity index (χ1n) is 6.50. The Morgan fingerprint density at radius 3 is 3.00 bits per heavy atom. The highest BCUT2D eigenvalue weighted by atomic mass is 16.5. The first-order chi connectivity index (χ1) is 8.61. The fraction of sp³-hybridized carbons (Fsp3) is 0.769. The van der Waals surface area contributed by atoms with Crippen LogP contribution in [-0.2, 0) is 11.3 Å². The Bertz CT molecular complexity index is 378. The molecule has 1 saturated heterocycles. The Hall–Kier alpha value is -0.910. The molecule has 1 aliphatic rings. The van der Waals surface area contributed by atoms with E-state index in [1.807, 2.05) is 0 Å². The summed E-state index contributed by atoms with van der Waals surface area (Å²) in [5, 5.41) is 9.18. The Balaban J connectivity index is 2.05. The van der Waals surface area contributed by atoms with Crippen molar-refractivity contribution in [3.8, 4) is 0 Å². The van der Waals surface area contributed by atoms with E-state index in [-0.39, 0.29) is 12.7 Å². The predicted octanol–water partition coefficient (Wildman–Crippen LogP) is 1.38. The third kappa shape index (κ3) is 2.91. The summed E-state index contributed by atoms with van der Waals surface area (Å²) in [6.07, 6.45) is 1.43. The van der Waals surface area contributed by atoms with Crippen molar-refractivity contribution in [2.45, 2.75) is 45.4 Å². The molecule has 0 aliphatic carbocycles. The van der Waals surface area contributed by atoms with Crippen molar-refractivity contribution in [1.82, 2.24) is 9.88 Å². The fourth-order valence-electron chi connectivity index (χ4n) is 2.26. The van der Waals surface area contributed by atoms with Gasteiger partial charge in [0.2, 0.25) is 0 Å². The highest BCUT2D eigenvalue weighted by molar-refractivity contribution is 5.11. The monoisotopic (exact) mass is 254 g/mol. The lowest BCUT2D eigenvalue weighted by Crippen LogP contribution is -2.49. The molecule has 2 heterocycles. The van der Waals surface area contributed by atoms with Crippen LogP contribution in [-0.4, -0.2) is 46.9 Å². The zero-order valence-corrected chi connectivity index (χ0v) is 11.3. The molecule has 5 heteroatoms. The molecule has 0 aromatic carbocycles. The van der Waals surface area contributed by atoms with Gasteiger partial charge in [-0.2, -0.15) is 0 Å². The van der Waals surface area contributed by atoms with Gasteiger partial charge in [-0.05, 0) is 6.92 Å². The van der Waals surface area contributed by atoms with Gasteiger partial charge in [-0.3, -0.25) is 4.90 Å². The van der Waals surface area contributed by atoms with Crippen molar-refractivity contribution in [3.63, 3.8) is 0 Å². The Morgan fingerprint density at radius 1 is 1.56 bits per heavy atom. The van der Waals surface area contributed by atoms with Crippen molar-refractivity contribution in [2.24, 2.45) is 0 Å². The summed E-state index contributed by atoms with van der Waals surface area (Å²) in [6, 6.07) is 0.338. The van der Waals surface area contributed by atoms with Gasteiger partial charge >= 0.3 is 0 Å². The van der Waals surface area contributed by atoms with E-state index in [4.69, 9.17) is 9.15 Å². The minimum Gasteiger partial charge on any atom is -0.448 e. The predicted molar refractivity (Wildman–Crippen MR) is 67.3 cm³/mol. The largest absolute Gasteiger partial charge is 0.448 e. The molecule has 1 N–H and O–H groups in total. The standard InChI is InChI=1S/C13H22N2O3/c1-9(2)13-12(14-8-18-13)5-15-4-11(6-16)17-7-10(15)3/h8-11,16H,4-7H2,1-3H3. The molecule has 0 spiro atoms. The van der Waals surface area contributed by atoms with E-state index in [1.165, 1.54) is 6.39 Å². The van der Waals surface area contributed by atoms with Gasteiger partial charge in [0.25, 0.3) is 0 Å². The Labute approximate surface area is 108 Å². The van der Waals surface area contributed by atoms with Crippen molar-refractivity contribution in [2.75, 3.05) is 19.8 Å². The van der Waals surface area contributed by atoms with Gasteiger partial charge in [0, 0.05) is 25.0 Å². The second kappa shape index (κ2) is 5.82. The highest BCUT2D eigenvalue weighted by Gasteiger charge is 2.27. The number of hydrogen-bond donors (Lipinski definition) is 1. The van der Waals surface area contributed by atoms with Gasteiger partial charge in [-0.15, -0.1) is 0 Å². The Morgan fingerprint density at radius 2 is 2.33 bits per heavy atom. The van der Waals surface area contributed by atoms with Crippen LogP contribution in [0.15, 0.2) is 10.8 Å². The molecular weight excluding hydrogens is 232 g/mol. The van der Waals surface area contributed by atoms with E-state index < -0.39 is 0 Å². The lowest BCUT2D eigenvalue weighted by atomic mass is 10.1. The van der Waals surface area contributed by atoms with Crippen LogP contribution >= 0.6 is 0 Å². The normalized spacial score (nSPS) is 25.8. The molecule has 1 fully saturated rings. The lowest BCUT2D eigenvalue weighted by molar-refractivity contribution is -0.0809. The number of oxazole rings is 1. The fourth-order valence-corrected chi connectivity index (χ4v) is 2.26. The Kier molecular flexibility index (Phi) is 4.37. The number of morpholine rings is 1. The van der Waals surface area contributed by atoms with Crippen LogP contribution in [0.1, 0.15) is 38.1 Å². The average molecular weight is 254 g/mol. The third-order valence-corrected chi connectivity index (χ3v) is 3.39. The van der Waals surface area contributed by atoms with Crippen molar-refractivity contribution in [1.29, 1.82) is 0 Å². The summed E-state index contributed by atoms with van der Waals surface area (Å²) >= 11 is 0. The van der Waals surface area contributed by atoms with E-state index in [1.54, 1.807) is 0 Å². The summed E-state index contributed by atoms with van der Waals surface area (Å²) in [5.41, 5.74) is 0.996. The molecule has 0 saturated carbocycles. The van der Waals surface area contributed by atoms with Crippen LogP contribution < -0.4 is 0 Å². The van der Waals surface area contributed by atoms with Gasteiger partial charge < -0.3 is 14.3 Å². The van der Waals surface area contributed by atoms with Crippen LogP contribution in [0.25, 0.3) is 0 Å². The van der Waals surface area contributed by atoms with Crippen LogP contribution in [0, 0.1) is 0 Å². The van der Waals surface area contributed by atoms with Crippen LogP contribution in [0.3, 0.4) is 0 Å². The maximum atomic E-state index is 9.18. The minimum absolute atomic E-state index is 0.0685. The molecule has 102 valence electrons. The van der Waals surface area contributed by atoms with E-state index in [9.17, 15) is 5.11 Å². The molecule has 1 aliphatic heterocycles. The van der Waals surface area contributed by atoms with E-state index in [0.29, 0.717) is 18.6 Å². The van der Waals surface area contributed by atoms with Crippen LogP contribution in [0.2, 0.25) is 0 Å². The maximum absolute atomic E-state index is 9.18. The van der Waals surface area contributed by atoms with Gasteiger partial charge in [0.15, 0.2) is 6.39 Å². The number of aliphatic hydroxyl groups excluding tert-OH is 1. The summed E-state index contributed by atoms with van der Waals surface area (Å²) in [4.78, 5) is 6.59. The quantitative estimate of drug-likeness (QED) is 0.879. The van der Waals surface area contributed by atoms with Crippen LogP contribution in [0.4, 0.5) is 0 Å². The molecular formula is C13H22N2O3. The van der Waals surface area contributed by atoms with Gasteiger partial charge in [0.05, 0.1) is 25.0 Å². The zero-order valence-electron chi connectivity index (χ0n) is 11.3. The molecule has 0 amide bonds. The molecule has 2 atom stereocenters. The van der Waals surface area contributed by atoms with Crippen LogP contribution in [0.5, 0.6) is 0 Å². The second-order valence-corrected chi connectivity index (χ2v) is 5.23. The van der Waals surface area contributed by atoms with Gasteiger partial charge in [0.1, 0.15) is 5.76 Å². The minimum atomic E-state index is -0.0874. The summed E-state index contributed by atoms with van der Waals surface area (Å²) in [5.74, 6) is 1.29. The van der Waals surface area contributed by atoms with Gasteiger partial charge in [-0.1, -0.05) is 13.8 Å². The lowest BCUT2D eigenvalue weighted by Gasteiger charge is -2.37. The van der Waals surface area contributed by atoms with Crippen molar-refractivity contribution in [3.05, 3.63) is 17.8 Å². The highest BCUT2D eigenvalue weighted by Crippen LogP contribution is 2.22. The summed E-state index contributed by atoms with van der Waals surface area (Å²) in [7, 11) is 0. The number of nitrogens with zero attached hydrogens (tertiary/aromatic N) is 2. The number of aromatic nitrogens is 1. The van der Waals surface area contributed by atoms with Gasteiger partial charge in [-0.25, -0.2) is 4.98 Å². The van der Waals surface area contributed by atoms with E-state index in [2.05, 4.69) is 30.7 Å². The number of aliphatic hydroxyl groups is 1. The smallest absolute Gasteiger partial charge is 0.181 e. The molecule has 2 rings (SSSR count). The topological polar surface area (TPSA) is 58.7 Å². The molecule has 0 radical (unpaired) electrons. The van der Waals surface area contributed by atoms with E-state index in [0.717, 1.165) is 24.5 Å². The van der Waals surface area contributed by atoms with Crippen molar-refractivity contribution >= 4 is 0 Å². The molecule has 1 aromatic rings. The molecule has 0 bridgehead atoms. The number of hydrogen-bond acceptors (Lipinski definition) is 5. The average Bonchev–Trinajstić information content (AvgIpc) is 2.80.